The minimum absolute atomic E-state index is 0.0250. The highest BCUT2D eigenvalue weighted by atomic mass is 35.5. The number of sulfonamides is 1. The molecule has 1 aromatic carbocycles. The molecule has 0 saturated carbocycles. The number of piperidine rings is 1. The molecule has 42 heavy (non-hydrogen) atoms. The smallest absolute Gasteiger partial charge is 0.415 e. The molecule has 2 atom stereocenters. The summed E-state index contributed by atoms with van der Waals surface area (Å²) >= 11 is 6.20. The Bertz CT molecular complexity index is 1470. The van der Waals surface area contributed by atoms with E-state index in [2.05, 4.69) is 4.98 Å². The number of hydrogen-bond donors (Lipinski definition) is 1. The van der Waals surface area contributed by atoms with Crippen molar-refractivity contribution in [2.24, 2.45) is 11.7 Å². The summed E-state index contributed by atoms with van der Waals surface area (Å²) in [6.45, 7) is 2.23. The second kappa shape index (κ2) is 11.1. The number of rotatable bonds is 6. The van der Waals surface area contributed by atoms with E-state index in [4.69, 9.17) is 26.8 Å². The van der Waals surface area contributed by atoms with E-state index < -0.39 is 34.1 Å². The Morgan fingerprint density at radius 2 is 1.81 bits per heavy atom. The first kappa shape index (κ1) is 29.3. The van der Waals surface area contributed by atoms with Crippen LogP contribution in [0.4, 0.5) is 25.1 Å². The lowest BCUT2D eigenvalue weighted by Gasteiger charge is -2.36. The highest BCUT2D eigenvalue weighted by molar-refractivity contribution is 7.89. The van der Waals surface area contributed by atoms with Gasteiger partial charge in [-0.1, -0.05) is 11.6 Å². The van der Waals surface area contributed by atoms with Crippen LogP contribution in [0.2, 0.25) is 5.15 Å². The Labute approximate surface area is 248 Å². The molecule has 4 aliphatic rings. The zero-order valence-electron chi connectivity index (χ0n) is 23.1. The van der Waals surface area contributed by atoms with Crippen molar-refractivity contribution in [1.29, 1.82) is 0 Å². The van der Waals surface area contributed by atoms with Crippen LogP contribution in [0.25, 0.3) is 0 Å². The van der Waals surface area contributed by atoms with Crippen molar-refractivity contribution < 1.29 is 31.5 Å². The molecule has 2 aromatic rings. The minimum Gasteiger partial charge on any atom is -0.489 e. The number of cyclic esters (lactones) is 1. The van der Waals surface area contributed by atoms with Gasteiger partial charge in [0.05, 0.1) is 10.6 Å². The van der Waals surface area contributed by atoms with E-state index in [1.807, 2.05) is 11.9 Å². The summed E-state index contributed by atoms with van der Waals surface area (Å²) in [5.41, 5.74) is 5.97. The second-order valence-electron chi connectivity index (χ2n) is 11.2. The molecule has 6 rings (SSSR count). The Morgan fingerprint density at radius 3 is 2.50 bits per heavy atom. The highest BCUT2D eigenvalue weighted by Gasteiger charge is 2.46. The van der Waals surface area contributed by atoms with Crippen LogP contribution in [0.5, 0.6) is 5.75 Å². The predicted octanol–water partition coefficient (Wildman–Crippen LogP) is 2.72. The zero-order valence-corrected chi connectivity index (χ0v) is 24.7. The molecule has 4 aliphatic heterocycles. The number of amides is 1. The second-order valence-corrected chi connectivity index (χ2v) is 13.5. The van der Waals surface area contributed by atoms with E-state index in [0.717, 1.165) is 0 Å². The molecule has 0 unspecified atom stereocenters. The van der Waals surface area contributed by atoms with Crippen LogP contribution >= 0.6 is 11.6 Å². The fraction of sp³-hybridized carbons (Fsp3) is 0.556. The summed E-state index contributed by atoms with van der Waals surface area (Å²) in [4.78, 5) is 22.0. The minimum atomic E-state index is -3.91. The van der Waals surface area contributed by atoms with E-state index in [9.17, 15) is 13.2 Å². The summed E-state index contributed by atoms with van der Waals surface area (Å²) in [6.07, 6.45) is -0.274. The molecule has 3 fully saturated rings. The number of fused-ring (bicyclic) bond motifs is 3. The molecule has 3 saturated heterocycles. The lowest BCUT2D eigenvalue weighted by molar-refractivity contribution is -0.0837. The Hall–Kier alpha value is -2.78. The number of halogens is 3. The number of benzene rings is 1. The summed E-state index contributed by atoms with van der Waals surface area (Å²) in [6, 6.07) is 6.60. The van der Waals surface area contributed by atoms with Gasteiger partial charge in [0.15, 0.2) is 0 Å². The monoisotopic (exact) mass is 626 g/mol. The van der Waals surface area contributed by atoms with E-state index in [0.29, 0.717) is 37.4 Å². The molecule has 1 amide bonds. The van der Waals surface area contributed by atoms with E-state index in [1.54, 1.807) is 4.90 Å². The number of aromatic nitrogens is 1. The number of pyridine rings is 1. The average Bonchev–Trinajstić information content (AvgIpc) is 3.32. The number of nitrogens with two attached hydrogens (primary N) is 1. The van der Waals surface area contributed by atoms with Crippen LogP contribution in [0.15, 0.2) is 35.2 Å². The van der Waals surface area contributed by atoms with Crippen molar-refractivity contribution >= 4 is 39.2 Å². The van der Waals surface area contributed by atoms with Gasteiger partial charge in [-0.05, 0) is 57.2 Å². The van der Waals surface area contributed by atoms with Crippen LogP contribution < -0.4 is 20.3 Å². The number of likely N-dealkylation sites (tertiary alicyclic amines) is 1. The van der Waals surface area contributed by atoms with Crippen LogP contribution in [-0.2, 0) is 20.7 Å². The van der Waals surface area contributed by atoms with Gasteiger partial charge in [0, 0.05) is 50.3 Å². The van der Waals surface area contributed by atoms with Crippen molar-refractivity contribution in [3.8, 4) is 5.75 Å². The third-order valence-electron chi connectivity index (χ3n) is 8.64. The summed E-state index contributed by atoms with van der Waals surface area (Å²) < 4.78 is 70.5. The number of anilines is 2. The van der Waals surface area contributed by atoms with Crippen molar-refractivity contribution in [1.82, 2.24) is 14.2 Å². The van der Waals surface area contributed by atoms with E-state index in [-0.39, 0.29) is 66.7 Å². The predicted molar refractivity (Wildman–Crippen MR) is 152 cm³/mol. The number of piperazine rings is 1. The van der Waals surface area contributed by atoms with Gasteiger partial charge in [-0.2, -0.15) is 4.31 Å². The van der Waals surface area contributed by atoms with Gasteiger partial charge in [0.2, 0.25) is 10.0 Å². The molecule has 0 spiro atoms. The van der Waals surface area contributed by atoms with Crippen molar-refractivity contribution in [3.05, 3.63) is 41.0 Å². The van der Waals surface area contributed by atoms with Gasteiger partial charge in [0.1, 0.15) is 35.5 Å². The maximum Gasteiger partial charge on any atom is 0.415 e. The quantitative estimate of drug-likeness (QED) is 0.483. The van der Waals surface area contributed by atoms with E-state index >= 15 is 8.78 Å². The van der Waals surface area contributed by atoms with Gasteiger partial charge < -0.3 is 25.0 Å². The third-order valence-corrected chi connectivity index (χ3v) is 10.7. The number of alkyl halides is 2. The van der Waals surface area contributed by atoms with Gasteiger partial charge in [-0.15, -0.1) is 0 Å². The average molecular weight is 627 g/mol. The number of carbonyl (C=O) groups is 1. The number of nitrogens with zero attached hydrogens (tertiary/aromatic N) is 5. The Kier molecular flexibility index (Phi) is 7.71. The lowest BCUT2D eigenvalue weighted by Crippen LogP contribution is -2.49. The number of carbonyl (C=O) groups excluding carboxylic acids is 1. The molecule has 0 bridgehead atoms. The molecule has 11 nitrogen and oxygen atoms in total. The maximum atomic E-state index is 15.5. The van der Waals surface area contributed by atoms with Crippen molar-refractivity contribution in [2.75, 3.05) is 69.3 Å². The van der Waals surface area contributed by atoms with Crippen LogP contribution in [0.1, 0.15) is 18.4 Å². The van der Waals surface area contributed by atoms with E-state index in [1.165, 1.54) is 39.5 Å². The highest BCUT2D eigenvalue weighted by Crippen LogP contribution is 2.43. The molecule has 0 radical (unpaired) electrons. The van der Waals surface area contributed by atoms with Gasteiger partial charge in [0.25, 0.3) is 5.92 Å². The molecular formula is C27H33ClF2N6O5S. The molecule has 228 valence electrons. The van der Waals surface area contributed by atoms with Gasteiger partial charge in [-0.3, -0.25) is 4.90 Å². The van der Waals surface area contributed by atoms with Crippen LogP contribution in [0, 0.1) is 5.92 Å². The fourth-order valence-electron chi connectivity index (χ4n) is 6.13. The lowest BCUT2D eigenvalue weighted by atomic mass is 9.87. The molecule has 2 N–H and O–H groups in total. The first-order valence-electron chi connectivity index (χ1n) is 14.0. The normalized spacial score (nSPS) is 24.3. The SMILES string of the molecule is CN1CCC(C(F)(F)c2cc(Cl)nc(N3CCN(S(=O)(=O)c4ccc5c(c4)OC[C@H]4[C@H](CN)OC(=O)N54)CC3)c2)CC1. The third kappa shape index (κ3) is 5.17. The van der Waals surface area contributed by atoms with Gasteiger partial charge in [-0.25, -0.2) is 27.0 Å². The number of ether oxygens (including phenoxy) is 2. The Balaban J connectivity index is 1.16. The fourth-order valence-corrected chi connectivity index (χ4v) is 7.77. The largest absolute Gasteiger partial charge is 0.489 e. The van der Waals surface area contributed by atoms with Gasteiger partial charge >= 0.3 is 6.09 Å². The van der Waals surface area contributed by atoms with Crippen molar-refractivity contribution in [2.45, 2.75) is 35.8 Å². The summed E-state index contributed by atoms with van der Waals surface area (Å²) in [5, 5.41) is -0.0267. The maximum absolute atomic E-state index is 15.5. The first-order valence-corrected chi connectivity index (χ1v) is 15.8. The topological polar surface area (TPSA) is 122 Å². The molecule has 0 aliphatic carbocycles. The first-order chi connectivity index (χ1) is 20.0. The Morgan fingerprint density at radius 1 is 1.10 bits per heavy atom. The molecular weight excluding hydrogens is 594 g/mol. The number of hydrogen-bond acceptors (Lipinski definition) is 9. The van der Waals surface area contributed by atoms with Crippen LogP contribution in [-0.4, -0.2) is 100 Å². The zero-order chi connectivity index (χ0) is 29.8. The molecule has 5 heterocycles. The summed E-state index contributed by atoms with van der Waals surface area (Å²) in [5.74, 6) is -3.28. The standard InChI is InChI=1S/C27H33ClF2N6O5S/c1-33-6-4-17(5-7-33)27(29,30)18-12-24(28)32-25(13-18)34-8-10-35(11-9-34)42(38,39)19-2-3-20-22(14-19)40-16-21-23(15-31)41-26(37)36(20)21/h2-3,12-14,17,21,23H,4-11,15-16,31H2,1H3/t21-,23-/m0/s1. The molecule has 15 heteroatoms. The van der Waals surface area contributed by atoms with Crippen molar-refractivity contribution in [3.63, 3.8) is 0 Å². The van der Waals surface area contributed by atoms with Crippen LogP contribution in [0.3, 0.4) is 0 Å². The molecule has 1 aromatic heterocycles. The summed E-state index contributed by atoms with van der Waals surface area (Å²) in [7, 11) is -1.99.